The zero-order valence-corrected chi connectivity index (χ0v) is 23.7. The maximum atomic E-state index is 14.4. The first-order valence-electron chi connectivity index (χ1n) is 15.3. The molecule has 3 saturated carbocycles. The minimum absolute atomic E-state index is 0.107. The van der Waals surface area contributed by atoms with E-state index in [0.717, 1.165) is 62.1 Å². The topological polar surface area (TPSA) is 77.2 Å². The van der Waals surface area contributed by atoms with E-state index in [1.165, 1.54) is 36.2 Å². The number of nitrogens with one attached hydrogen (secondary N) is 2. The van der Waals surface area contributed by atoms with Crippen molar-refractivity contribution in [3.8, 4) is 0 Å². The normalized spacial score (nSPS) is 31.5. The third kappa shape index (κ3) is 4.78. The van der Waals surface area contributed by atoms with Gasteiger partial charge in [0.15, 0.2) is 0 Å². The Kier molecular flexibility index (Phi) is 6.71. The van der Waals surface area contributed by atoms with Crippen molar-refractivity contribution in [2.45, 2.75) is 88.2 Å². The van der Waals surface area contributed by atoms with Gasteiger partial charge in [-0.1, -0.05) is 25.7 Å². The van der Waals surface area contributed by atoms with Crippen LogP contribution < -0.4 is 16.5 Å². The molecule has 0 bridgehead atoms. The molecular formula is C29H40BF3N6O2. The number of imidazole rings is 1. The molecule has 5 fully saturated rings. The monoisotopic (exact) mass is 572 g/mol. The summed E-state index contributed by atoms with van der Waals surface area (Å²) >= 11 is 0. The molecule has 3 aliphatic carbocycles. The van der Waals surface area contributed by atoms with Crippen molar-refractivity contribution < 1.29 is 18.3 Å². The summed E-state index contributed by atoms with van der Waals surface area (Å²) in [4.78, 5) is 17.7. The summed E-state index contributed by atoms with van der Waals surface area (Å²) in [5, 5.41) is 11.3. The van der Waals surface area contributed by atoms with Crippen LogP contribution in [0.15, 0.2) is 23.3 Å². The van der Waals surface area contributed by atoms with Crippen LogP contribution in [0.4, 0.5) is 13.2 Å². The van der Waals surface area contributed by atoms with E-state index in [1.807, 2.05) is 0 Å². The van der Waals surface area contributed by atoms with Crippen LogP contribution in [-0.4, -0.2) is 64.7 Å². The van der Waals surface area contributed by atoms with Gasteiger partial charge in [-0.15, -0.1) is 0 Å². The molecule has 3 N–H and O–H groups in total. The summed E-state index contributed by atoms with van der Waals surface area (Å²) in [6.07, 6.45) is 8.28. The maximum absolute atomic E-state index is 14.4. The largest absolute Gasteiger partial charge is 0.418 e. The smallest absolute Gasteiger partial charge is 0.381 e. The molecule has 8 nitrogen and oxygen atoms in total. The standard InChI is InChI=1S/C29H40BF3N6O2/c1-36-17-34-35-25(36)24(18-4-2-5-18)19-6-3-7-21(12-19)38-15-23-22(29(31,32)33)13-20(14-39(23)26(38)40)28(30,41)37-11-10-27(16-37)8-9-27/h13-15,18-19,21,24-25,34-35,41H,2-12,16-17H2,1H3/t19-,21?,24?,25?,28?/m0/s1. The van der Waals surface area contributed by atoms with Gasteiger partial charge in [-0.3, -0.25) is 18.8 Å². The molecule has 12 heteroatoms. The number of hydrazine groups is 1. The second kappa shape index (κ2) is 9.84. The highest BCUT2D eigenvalue weighted by molar-refractivity contribution is 6.14. The van der Waals surface area contributed by atoms with Gasteiger partial charge >= 0.3 is 11.9 Å². The number of pyridine rings is 1. The quantitative estimate of drug-likeness (QED) is 0.462. The van der Waals surface area contributed by atoms with Crippen LogP contribution in [-0.2, 0) is 11.8 Å². The van der Waals surface area contributed by atoms with Crippen LogP contribution in [0.1, 0.15) is 81.4 Å². The Labute approximate surface area is 239 Å². The van der Waals surface area contributed by atoms with Crippen LogP contribution in [0, 0.1) is 23.2 Å². The van der Waals surface area contributed by atoms with Gasteiger partial charge in [-0.25, -0.2) is 15.6 Å². The molecular weight excluding hydrogens is 532 g/mol. The summed E-state index contributed by atoms with van der Waals surface area (Å²) in [6.45, 7) is 1.82. The Morgan fingerprint density at radius 1 is 1.10 bits per heavy atom. The predicted octanol–water partition coefficient (Wildman–Crippen LogP) is 3.35. The molecule has 0 amide bonds. The third-order valence-electron chi connectivity index (χ3n) is 11.1. The van der Waals surface area contributed by atoms with Gasteiger partial charge in [0.2, 0.25) is 0 Å². The van der Waals surface area contributed by atoms with E-state index in [0.29, 0.717) is 30.8 Å². The summed E-state index contributed by atoms with van der Waals surface area (Å²) in [5.74, 6) is 1.40. The van der Waals surface area contributed by atoms with Gasteiger partial charge < -0.3 is 5.11 Å². The first kappa shape index (κ1) is 27.9. The lowest BCUT2D eigenvalue weighted by molar-refractivity contribution is -0.136. The molecule has 5 atom stereocenters. The van der Waals surface area contributed by atoms with E-state index >= 15 is 0 Å². The Hall–Kier alpha value is -1.86. The number of fused-ring (bicyclic) bond motifs is 1. The number of nitrogens with zero attached hydrogens (tertiary/aromatic N) is 4. The van der Waals surface area contributed by atoms with Crippen LogP contribution >= 0.6 is 0 Å². The van der Waals surface area contributed by atoms with Gasteiger partial charge in [0, 0.05) is 37.1 Å². The van der Waals surface area contributed by atoms with Crippen molar-refractivity contribution in [3.63, 3.8) is 0 Å². The average molecular weight is 572 g/mol. The fraction of sp³-hybridized carbons (Fsp3) is 0.759. The Bertz CT molecular complexity index is 1370. The minimum atomic E-state index is -4.71. The highest BCUT2D eigenvalue weighted by Gasteiger charge is 2.51. The number of halogens is 3. The van der Waals surface area contributed by atoms with E-state index in [2.05, 4.69) is 22.8 Å². The van der Waals surface area contributed by atoms with Crippen LogP contribution in [0.3, 0.4) is 0 Å². The third-order valence-corrected chi connectivity index (χ3v) is 11.1. The van der Waals surface area contributed by atoms with Crippen molar-refractivity contribution in [1.82, 2.24) is 29.6 Å². The first-order chi connectivity index (χ1) is 19.5. The number of hydrogen-bond acceptors (Lipinski definition) is 6. The average Bonchev–Trinajstić information content (AvgIpc) is 3.18. The van der Waals surface area contributed by atoms with Gasteiger partial charge in [0.05, 0.1) is 29.5 Å². The zero-order chi connectivity index (χ0) is 28.7. The van der Waals surface area contributed by atoms with Gasteiger partial charge in [-0.05, 0) is 74.8 Å². The van der Waals surface area contributed by atoms with Crippen molar-refractivity contribution in [2.75, 3.05) is 26.8 Å². The second-order valence-electron chi connectivity index (χ2n) is 13.6. The predicted molar refractivity (Wildman–Crippen MR) is 149 cm³/mol. The highest BCUT2D eigenvalue weighted by Crippen LogP contribution is 2.54. The number of likely N-dealkylation sites (tertiary alicyclic amines) is 1. The molecule has 4 heterocycles. The summed E-state index contributed by atoms with van der Waals surface area (Å²) in [6, 6.07) is 0.750. The first-order valence-corrected chi connectivity index (χ1v) is 15.3. The fourth-order valence-corrected chi connectivity index (χ4v) is 8.29. The van der Waals surface area contributed by atoms with Gasteiger partial charge in [-0.2, -0.15) is 13.2 Å². The minimum Gasteiger partial charge on any atom is -0.381 e. The number of alkyl halides is 3. The van der Waals surface area contributed by atoms with E-state index < -0.39 is 23.1 Å². The van der Waals surface area contributed by atoms with Crippen LogP contribution in [0.5, 0.6) is 0 Å². The Morgan fingerprint density at radius 2 is 1.83 bits per heavy atom. The Morgan fingerprint density at radius 3 is 2.44 bits per heavy atom. The van der Waals surface area contributed by atoms with E-state index in [4.69, 9.17) is 7.85 Å². The maximum Gasteiger partial charge on any atom is 0.418 e. The lowest BCUT2D eigenvalue weighted by Crippen LogP contribution is -2.50. The van der Waals surface area contributed by atoms with Gasteiger partial charge in [0.25, 0.3) is 0 Å². The summed E-state index contributed by atoms with van der Waals surface area (Å²) in [7, 11) is 8.45. The van der Waals surface area contributed by atoms with Crippen LogP contribution in [0.2, 0.25) is 0 Å². The molecule has 2 saturated heterocycles. The zero-order valence-electron chi connectivity index (χ0n) is 23.7. The van der Waals surface area contributed by atoms with E-state index in [1.54, 1.807) is 4.90 Å². The number of hydrogen-bond donors (Lipinski definition) is 3. The van der Waals surface area contributed by atoms with Crippen molar-refractivity contribution in [3.05, 3.63) is 40.1 Å². The van der Waals surface area contributed by atoms with Crippen molar-refractivity contribution in [2.24, 2.45) is 23.2 Å². The molecule has 2 aromatic heterocycles. The molecule has 0 aromatic carbocycles. The molecule has 2 aromatic rings. The lowest BCUT2D eigenvalue weighted by atomic mass is 9.65. The van der Waals surface area contributed by atoms with Crippen molar-refractivity contribution >= 4 is 13.4 Å². The van der Waals surface area contributed by atoms with E-state index in [9.17, 15) is 23.1 Å². The SMILES string of the molecule is [B]C(O)(c1cc(C(F)(F)F)c2cn(C3CCC[C@H](C(C4CCC4)C4NNCN4C)C3)c(=O)n2c1)N1CCC2(CC2)C1. The van der Waals surface area contributed by atoms with E-state index in [-0.39, 0.29) is 28.7 Å². The molecule has 1 spiro atoms. The number of rotatable bonds is 6. The summed E-state index contributed by atoms with van der Waals surface area (Å²) in [5.41, 5.74) is 2.99. The highest BCUT2D eigenvalue weighted by atomic mass is 19.4. The number of aliphatic hydroxyl groups is 1. The molecule has 2 aliphatic heterocycles. The molecule has 222 valence electrons. The molecule has 7 rings (SSSR count). The molecule has 41 heavy (non-hydrogen) atoms. The lowest BCUT2D eigenvalue weighted by Gasteiger charge is -2.46. The van der Waals surface area contributed by atoms with Crippen molar-refractivity contribution in [1.29, 1.82) is 0 Å². The summed E-state index contributed by atoms with van der Waals surface area (Å²) < 4.78 is 45.8. The Balaban J connectivity index is 1.23. The second-order valence-corrected chi connectivity index (χ2v) is 13.6. The molecule has 5 aliphatic rings. The molecule has 2 radical (unpaired) electrons. The van der Waals surface area contributed by atoms with Crippen LogP contribution in [0.25, 0.3) is 5.52 Å². The fourth-order valence-electron chi connectivity index (χ4n) is 8.29. The number of aromatic nitrogens is 2. The van der Waals surface area contributed by atoms with Gasteiger partial charge in [0.1, 0.15) is 7.85 Å². The molecule has 4 unspecified atom stereocenters.